The van der Waals surface area contributed by atoms with E-state index in [2.05, 4.69) is 34.6 Å². The number of unbranched alkanes of at least 4 members (excludes halogenated alkanes) is 1. The van der Waals surface area contributed by atoms with Crippen molar-refractivity contribution >= 4 is 34.1 Å². The lowest BCUT2D eigenvalue weighted by Gasteiger charge is -2.09. The van der Waals surface area contributed by atoms with Gasteiger partial charge in [0.15, 0.2) is 4.34 Å². The minimum absolute atomic E-state index is 0.125. The number of amides is 1. The average Bonchev–Trinajstić information content (AvgIpc) is 3.15. The van der Waals surface area contributed by atoms with E-state index in [1.807, 2.05) is 42.5 Å². The van der Waals surface area contributed by atoms with Gasteiger partial charge in [0.2, 0.25) is 5.13 Å². The Morgan fingerprint density at radius 2 is 1.81 bits per heavy atom. The molecule has 0 spiro atoms. The summed E-state index contributed by atoms with van der Waals surface area (Å²) in [5.41, 5.74) is 3.01. The summed E-state index contributed by atoms with van der Waals surface area (Å²) < 4.78 is 0.899. The maximum Gasteiger partial charge on any atom is 0.257 e. The maximum atomic E-state index is 12.7. The number of carbonyl (C=O) groups is 1. The molecule has 0 bridgehead atoms. The van der Waals surface area contributed by atoms with Crippen molar-refractivity contribution in [2.24, 2.45) is 0 Å². The highest BCUT2D eigenvalue weighted by molar-refractivity contribution is 8.01. The number of aromatic nitrogens is 2. The topological polar surface area (TPSA) is 54.9 Å². The number of hydrogen-bond acceptors (Lipinski definition) is 5. The second kappa shape index (κ2) is 10.2. The Morgan fingerprint density at radius 3 is 2.63 bits per heavy atom. The van der Waals surface area contributed by atoms with Crippen molar-refractivity contribution in [1.29, 1.82) is 0 Å². The smallest absolute Gasteiger partial charge is 0.257 e. The van der Waals surface area contributed by atoms with Crippen LogP contribution < -0.4 is 5.32 Å². The van der Waals surface area contributed by atoms with Gasteiger partial charge < -0.3 is 0 Å². The van der Waals surface area contributed by atoms with E-state index in [0.717, 1.165) is 41.3 Å². The second-order valence-corrected chi connectivity index (χ2v) is 8.49. The number of anilines is 1. The van der Waals surface area contributed by atoms with Gasteiger partial charge in [-0.05, 0) is 36.5 Å². The van der Waals surface area contributed by atoms with Crippen LogP contribution in [0.3, 0.4) is 0 Å². The lowest BCUT2D eigenvalue weighted by atomic mass is 9.99. The van der Waals surface area contributed by atoms with Gasteiger partial charge in [-0.1, -0.05) is 85.0 Å². The summed E-state index contributed by atoms with van der Waals surface area (Å²) >= 11 is 3.12. The van der Waals surface area contributed by atoms with Crippen LogP contribution in [0.5, 0.6) is 0 Å². The zero-order valence-corrected chi connectivity index (χ0v) is 17.0. The fourth-order valence-electron chi connectivity index (χ4n) is 2.67. The quantitative estimate of drug-likeness (QED) is 0.296. The third-order valence-corrected chi connectivity index (χ3v) is 6.20. The van der Waals surface area contributed by atoms with E-state index < -0.39 is 0 Å². The molecule has 4 nitrogen and oxygen atoms in total. The van der Waals surface area contributed by atoms with Crippen LogP contribution in [0.1, 0.15) is 41.3 Å². The Balaban J connectivity index is 1.63. The predicted molar refractivity (Wildman–Crippen MR) is 114 cm³/mol. The zero-order chi connectivity index (χ0) is 18.9. The van der Waals surface area contributed by atoms with Gasteiger partial charge in [-0.3, -0.25) is 10.1 Å². The Morgan fingerprint density at radius 1 is 1.04 bits per heavy atom. The third kappa shape index (κ3) is 5.91. The molecule has 27 heavy (non-hydrogen) atoms. The van der Waals surface area contributed by atoms with Gasteiger partial charge in [-0.2, -0.15) is 0 Å². The third-order valence-electron chi connectivity index (χ3n) is 4.14. The van der Waals surface area contributed by atoms with Gasteiger partial charge in [0.05, 0.1) is 0 Å². The summed E-state index contributed by atoms with van der Waals surface area (Å²) in [7, 11) is 0. The summed E-state index contributed by atoms with van der Waals surface area (Å²) in [6.07, 6.45) is 4.04. The fourth-order valence-corrected chi connectivity index (χ4v) is 4.57. The zero-order valence-electron chi connectivity index (χ0n) is 15.4. The number of carbonyl (C=O) groups excluding carboxylic acids is 1. The fraction of sp³-hybridized carbons (Fsp3) is 0.286. The van der Waals surface area contributed by atoms with Crippen molar-refractivity contribution < 1.29 is 4.79 Å². The van der Waals surface area contributed by atoms with E-state index in [1.54, 1.807) is 11.8 Å². The first kappa shape index (κ1) is 19.6. The molecule has 0 saturated heterocycles. The molecule has 0 atom stereocenters. The first-order valence-corrected chi connectivity index (χ1v) is 11.0. The standard InChI is InChI=1S/C21H23N3OS2/c1-2-3-15-26-21-24-23-20(27-21)22-19(25)18-12-8-7-11-17(18)14-13-16-9-5-4-6-10-16/h4-12H,2-3,13-15H2,1H3,(H,22,23,25). The van der Waals surface area contributed by atoms with E-state index in [9.17, 15) is 4.79 Å². The monoisotopic (exact) mass is 397 g/mol. The molecule has 3 rings (SSSR count). The van der Waals surface area contributed by atoms with Crippen LogP contribution in [0, 0.1) is 0 Å². The second-order valence-electron chi connectivity index (χ2n) is 6.17. The molecule has 140 valence electrons. The van der Waals surface area contributed by atoms with Crippen molar-refractivity contribution in [3.8, 4) is 0 Å². The van der Waals surface area contributed by atoms with Gasteiger partial charge in [-0.25, -0.2) is 0 Å². The number of rotatable bonds is 9. The van der Waals surface area contributed by atoms with Crippen molar-refractivity contribution in [3.05, 3.63) is 71.3 Å². The molecule has 0 fully saturated rings. The highest BCUT2D eigenvalue weighted by Gasteiger charge is 2.14. The molecular formula is C21H23N3OS2. The molecule has 0 radical (unpaired) electrons. The SMILES string of the molecule is CCCCSc1nnc(NC(=O)c2ccccc2CCc2ccccc2)s1. The summed E-state index contributed by atoms with van der Waals surface area (Å²) in [4.78, 5) is 12.7. The number of nitrogens with one attached hydrogen (secondary N) is 1. The van der Waals surface area contributed by atoms with Gasteiger partial charge >= 0.3 is 0 Å². The molecule has 1 N–H and O–H groups in total. The van der Waals surface area contributed by atoms with Crippen molar-refractivity contribution in [3.63, 3.8) is 0 Å². The predicted octanol–water partition coefficient (Wildman–Crippen LogP) is 5.47. The van der Waals surface area contributed by atoms with Crippen LogP contribution in [-0.2, 0) is 12.8 Å². The summed E-state index contributed by atoms with van der Waals surface area (Å²) in [6.45, 7) is 2.17. The summed E-state index contributed by atoms with van der Waals surface area (Å²) in [5, 5.41) is 11.7. The molecule has 6 heteroatoms. The number of hydrogen-bond donors (Lipinski definition) is 1. The largest absolute Gasteiger partial charge is 0.296 e. The van der Waals surface area contributed by atoms with Gasteiger partial charge in [0.25, 0.3) is 5.91 Å². The van der Waals surface area contributed by atoms with Gasteiger partial charge in [0, 0.05) is 11.3 Å². The van der Waals surface area contributed by atoms with Gasteiger partial charge in [0.1, 0.15) is 0 Å². The van der Waals surface area contributed by atoms with Crippen LogP contribution in [-0.4, -0.2) is 21.9 Å². The number of benzene rings is 2. The molecule has 1 amide bonds. The number of aryl methyl sites for hydroxylation is 2. The molecule has 1 heterocycles. The molecule has 0 aliphatic heterocycles. The van der Waals surface area contributed by atoms with E-state index in [4.69, 9.17) is 0 Å². The Kier molecular flexibility index (Phi) is 7.42. The Bertz CT molecular complexity index is 865. The van der Waals surface area contributed by atoms with Crippen LogP contribution in [0.2, 0.25) is 0 Å². The Labute approximate surface area is 168 Å². The first-order chi connectivity index (χ1) is 13.3. The molecule has 0 aliphatic rings. The van der Waals surface area contributed by atoms with Crippen LogP contribution in [0.25, 0.3) is 0 Å². The van der Waals surface area contributed by atoms with E-state index in [1.165, 1.54) is 16.9 Å². The van der Waals surface area contributed by atoms with Crippen molar-refractivity contribution in [2.75, 3.05) is 11.1 Å². The van der Waals surface area contributed by atoms with Crippen molar-refractivity contribution in [1.82, 2.24) is 10.2 Å². The normalized spacial score (nSPS) is 10.7. The molecule has 0 saturated carbocycles. The minimum Gasteiger partial charge on any atom is -0.296 e. The van der Waals surface area contributed by atoms with E-state index in [-0.39, 0.29) is 5.91 Å². The van der Waals surface area contributed by atoms with Crippen LogP contribution in [0.4, 0.5) is 5.13 Å². The van der Waals surface area contributed by atoms with Crippen LogP contribution in [0.15, 0.2) is 58.9 Å². The highest BCUT2D eigenvalue weighted by atomic mass is 32.2. The molecule has 0 aliphatic carbocycles. The Hall–Kier alpha value is -2.18. The highest BCUT2D eigenvalue weighted by Crippen LogP contribution is 2.26. The summed E-state index contributed by atoms with van der Waals surface area (Å²) in [5.74, 6) is 0.904. The van der Waals surface area contributed by atoms with E-state index in [0.29, 0.717) is 10.7 Å². The minimum atomic E-state index is -0.125. The molecule has 2 aromatic carbocycles. The van der Waals surface area contributed by atoms with E-state index >= 15 is 0 Å². The molecule has 3 aromatic rings. The first-order valence-electron chi connectivity index (χ1n) is 9.15. The number of thioether (sulfide) groups is 1. The maximum absolute atomic E-state index is 12.7. The number of nitrogens with zero attached hydrogens (tertiary/aromatic N) is 2. The molecule has 0 unspecified atom stereocenters. The van der Waals surface area contributed by atoms with Gasteiger partial charge in [-0.15, -0.1) is 10.2 Å². The molecule has 1 aromatic heterocycles. The summed E-state index contributed by atoms with van der Waals surface area (Å²) in [6, 6.07) is 18.1. The van der Waals surface area contributed by atoms with Crippen LogP contribution >= 0.6 is 23.1 Å². The van der Waals surface area contributed by atoms with Crippen molar-refractivity contribution in [2.45, 2.75) is 36.9 Å². The molecular weight excluding hydrogens is 374 g/mol. The average molecular weight is 398 g/mol. The lowest BCUT2D eigenvalue weighted by Crippen LogP contribution is -2.14. The lowest BCUT2D eigenvalue weighted by molar-refractivity contribution is 0.102.